The van der Waals surface area contributed by atoms with Crippen LogP contribution in [0.1, 0.15) is 35.2 Å². The average Bonchev–Trinajstić information content (AvgIpc) is 2.19. The fourth-order valence-corrected chi connectivity index (χ4v) is 1.41. The highest BCUT2D eigenvalue weighted by Gasteiger charge is 2.07. The van der Waals surface area contributed by atoms with Gasteiger partial charge < -0.3 is 5.11 Å². The third-order valence-corrected chi connectivity index (χ3v) is 2.15. The zero-order valence-corrected chi connectivity index (χ0v) is 8.07. The van der Waals surface area contributed by atoms with Crippen LogP contribution in [0.15, 0.2) is 24.3 Å². The quantitative estimate of drug-likeness (QED) is 0.725. The van der Waals surface area contributed by atoms with Gasteiger partial charge in [0.05, 0.1) is 5.56 Å². The van der Waals surface area contributed by atoms with E-state index in [0.29, 0.717) is 12.0 Å². The van der Waals surface area contributed by atoms with Crippen molar-refractivity contribution in [3.8, 4) is 0 Å². The Hall–Kier alpha value is -1.31. The lowest BCUT2D eigenvalue weighted by molar-refractivity contribution is 0.0695. The maximum absolute atomic E-state index is 10.8. The Labute approximate surface area is 84.6 Å². The number of benzene rings is 1. The minimum absolute atomic E-state index is 0.407. The minimum Gasteiger partial charge on any atom is -0.478 e. The van der Waals surface area contributed by atoms with Crippen molar-refractivity contribution in [1.29, 1.82) is 0 Å². The summed E-state index contributed by atoms with van der Waals surface area (Å²) in [7, 11) is 0. The molecule has 0 heterocycles. The molecule has 74 valence electrons. The van der Waals surface area contributed by atoms with Crippen LogP contribution in [0.25, 0.3) is 0 Å². The van der Waals surface area contributed by atoms with Crippen molar-refractivity contribution >= 4 is 5.97 Å². The van der Waals surface area contributed by atoms with Gasteiger partial charge in [0.15, 0.2) is 0 Å². The Balaban J connectivity index is 2.69. The summed E-state index contributed by atoms with van der Waals surface area (Å²) >= 11 is 0. The van der Waals surface area contributed by atoms with Crippen molar-refractivity contribution < 1.29 is 9.90 Å². The Morgan fingerprint density at radius 2 is 2.00 bits per heavy atom. The first-order chi connectivity index (χ1) is 6.75. The number of hydrogen-bond acceptors (Lipinski definition) is 1. The molecule has 2 heteroatoms. The van der Waals surface area contributed by atoms with E-state index in [0.717, 1.165) is 24.8 Å². The molecule has 14 heavy (non-hydrogen) atoms. The smallest absolute Gasteiger partial charge is 0.335 e. The molecule has 0 atom stereocenters. The SMILES string of the molecule is [CH]CCCCc1ccccc1C(=O)O. The molecular weight excluding hydrogens is 176 g/mol. The number of rotatable bonds is 5. The maximum atomic E-state index is 10.8. The van der Waals surface area contributed by atoms with Gasteiger partial charge in [-0.25, -0.2) is 4.79 Å². The van der Waals surface area contributed by atoms with E-state index in [1.54, 1.807) is 12.1 Å². The number of unbranched alkanes of at least 4 members (excludes halogenated alkanes) is 2. The van der Waals surface area contributed by atoms with Crippen LogP contribution in [-0.4, -0.2) is 11.1 Å². The van der Waals surface area contributed by atoms with Gasteiger partial charge in [-0.15, -0.1) is 0 Å². The van der Waals surface area contributed by atoms with E-state index in [9.17, 15) is 4.79 Å². The molecule has 0 amide bonds. The Bertz CT molecular complexity index is 305. The molecule has 1 aromatic rings. The zero-order chi connectivity index (χ0) is 10.4. The van der Waals surface area contributed by atoms with Gasteiger partial charge in [0.25, 0.3) is 0 Å². The fraction of sp³-hybridized carbons (Fsp3) is 0.333. The lowest BCUT2D eigenvalue weighted by Gasteiger charge is -2.04. The van der Waals surface area contributed by atoms with E-state index >= 15 is 0 Å². The van der Waals surface area contributed by atoms with Gasteiger partial charge in [0, 0.05) is 0 Å². The van der Waals surface area contributed by atoms with Crippen LogP contribution < -0.4 is 0 Å². The summed E-state index contributed by atoms with van der Waals surface area (Å²) in [6.07, 6.45) is 3.34. The summed E-state index contributed by atoms with van der Waals surface area (Å²) in [5.74, 6) is -0.853. The molecule has 2 radical (unpaired) electrons. The molecule has 1 N–H and O–H groups in total. The van der Waals surface area contributed by atoms with Gasteiger partial charge in [-0.1, -0.05) is 24.6 Å². The highest BCUT2D eigenvalue weighted by Crippen LogP contribution is 2.12. The highest BCUT2D eigenvalue weighted by atomic mass is 16.4. The van der Waals surface area contributed by atoms with E-state index in [1.807, 2.05) is 12.1 Å². The van der Waals surface area contributed by atoms with Gasteiger partial charge in [0.1, 0.15) is 0 Å². The molecule has 0 fully saturated rings. The average molecular weight is 190 g/mol. The first kappa shape index (κ1) is 10.8. The van der Waals surface area contributed by atoms with E-state index in [4.69, 9.17) is 12.0 Å². The number of carbonyl (C=O) groups is 1. The molecule has 1 aromatic carbocycles. The van der Waals surface area contributed by atoms with Crippen molar-refractivity contribution in [2.24, 2.45) is 0 Å². The fourth-order valence-electron chi connectivity index (χ4n) is 1.41. The van der Waals surface area contributed by atoms with Crippen LogP contribution in [0.3, 0.4) is 0 Å². The number of aromatic carboxylic acids is 1. The molecule has 1 rings (SSSR count). The van der Waals surface area contributed by atoms with Gasteiger partial charge in [-0.2, -0.15) is 0 Å². The topological polar surface area (TPSA) is 37.3 Å². The Morgan fingerprint density at radius 3 is 2.64 bits per heavy atom. The summed E-state index contributed by atoms with van der Waals surface area (Å²) in [5.41, 5.74) is 1.30. The lowest BCUT2D eigenvalue weighted by atomic mass is 10.0. The molecule has 2 nitrogen and oxygen atoms in total. The summed E-state index contributed by atoms with van der Waals surface area (Å²) in [6.45, 7) is 5.37. The predicted octanol–water partition coefficient (Wildman–Crippen LogP) is 2.81. The standard InChI is InChI=1S/C12H14O2/c1-2-3-4-7-10-8-5-6-9-11(10)12(13)14/h1,5-6,8-9H,2-4,7H2,(H,13,14). The monoisotopic (exact) mass is 190 g/mol. The Morgan fingerprint density at radius 1 is 1.29 bits per heavy atom. The maximum Gasteiger partial charge on any atom is 0.335 e. The van der Waals surface area contributed by atoms with Crippen molar-refractivity contribution in [2.45, 2.75) is 25.7 Å². The molecule has 0 aliphatic rings. The molecule has 0 aromatic heterocycles. The predicted molar refractivity (Wildman–Crippen MR) is 55.3 cm³/mol. The van der Waals surface area contributed by atoms with Gasteiger partial charge in [0.2, 0.25) is 0 Å². The lowest BCUT2D eigenvalue weighted by Crippen LogP contribution is -2.01. The molecule has 0 unspecified atom stereocenters. The van der Waals surface area contributed by atoms with Crippen LogP contribution in [0.5, 0.6) is 0 Å². The van der Waals surface area contributed by atoms with E-state index in [1.165, 1.54) is 0 Å². The molecule has 0 spiro atoms. The third-order valence-electron chi connectivity index (χ3n) is 2.15. The van der Waals surface area contributed by atoms with Crippen molar-refractivity contribution in [1.82, 2.24) is 0 Å². The largest absolute Gasteiger partial charge is 0.478 e. The molecule has 0 saturated carbocycles. The van der Waals surface area contributed by atoms with Crippen LogP contribution in [0.4, 0.5) is 0 Å². The van der Waals surface area contributed by atoms with Crippen molar-refractivity contribution in [2.75, 3.05) is 0 Å². The second kappa shape index (κ2) is 5.43. The third kappa shape index (κ3) is 2.87. The summed E-state index contributed by atoms with van der Waals surface area (Å²) in [4.78, 5) is 10.8. The van der Waals surface area contributed by atoms with Crippen LogP contribution in [0.2, 0.25) is 0 Å². The number of hydrogen-bond donors (Lipinski definition) is 1. The summed E-state index contributed by atoms with van der Waals surface area (Å²) < 4.78 is 0. The first-order valence-corrected chi connectivity index (χ1v) is 4.77. The van der Waals surface area contributed by atoms with E-state index in [2.05, 4.69) is 0 Å². The second-order valence-electron chi connectivity index (χ2n) is 3.21. The summed E-state index contributed by atoms with van der Waals surface area (Å²) in [5, 5.41) is 8.90. The van der Waals surface area contributed by atoms with Gasteiger partial charge in [-0.05, 0) is 37.8 Å². The van der Waals surface area contributed by atoms with Crippen molar-refractivity contribution in [3.05, 3.63) is 42.3 Å². The minimum atomic E-state index is -0.853. The second-order valence-corrected chi connectivity index (χ2v) is 3.21. The van der Waals surface area contributed by atoms with Gasteiger partial charge in [-0.3, -0.25) is 0 Å². The summed E-state index contributed by atoms with van der Waals surface area (Å²) in [6, 6.07) is 7.11. The van der Waals surface area contributed by atoms with Crippen LogP contribution >= 0.6 is 0 Å². The molecule has 0 bridgehead atoms. The Kier molecular flexibility index (Phi) is 4.17. The highest BCUT2D eigenvalue weighted by molar-refractivity contribution is 5.89. The van der Waals surface area contributed by atoms with E-state index < -0.39 is 5.97 Å². The molecule has 0 saturated heterocycles. The number of carboxylic acid groups (broad SMARTS) is 1. The molecular formula is C12H14O2. The van der Waals surface area contributed by atoms with E-state index in [-0.39, 0.29) is 0 Å². The normalized spacial score (nSPS) is 10.1. The van der Waals surface area contributed by atoms with Crippen LogP contribution in [-0.2, 0) is 6.42 Å². The molecule has 0 aliphatic carbocycles. The van der Waals surface area contributed by atoms with Crippen molar-refractivity contribution in [3.63, 3.8) is 0 Å². The van der Waals surface area contributed by atoms with Crippen LogP contribution in [0, 0.1) is 6.92 Å². The first-order valence-electron chi connectivity index (χ1n) is 4.77. The van der Waals surface area contributed by atoms with Gasteiger partial charge >= 0.3 is 5.97 Å². The number of aryl methyl sites for hydroxylation is 1. The number of carboxylic acids is 1. The zero-order valence-electron chi connectivity index (χ0n) is 8.07. The molecule has 0 aliphatic heterocycles.